The molecule has 0 radical (unpaired) electrons. The van der Waals surface area contributed by atoms with Gasteiger partial charge in [-0.3, -0.25) is 9.36 Å². The highest BCUT2D eigenvalue weighted by molar-refractivity contribution is 7.89. The van der Waals surface area contributed by atoms with E-state index in [1.165, 1.54) is 124 Å². The van der Waals surface area contributed by atoms with E-state index in [2.05, 4.69) is 162 Å². The lowest BCUT2D eigenvalue weighted by Gasteiger charge is -2.27. The molecule has 0 amide bonds. The maximum absolute atomic E-state index is 13.4. The number of rotatable bonds is 45. The zero-order valence-corrected chi connectivity index (χ0v) is 86.9. The number of nitrogens with zero attached hydrogens (tertiary/aromatic N) is 8. The van der Waals surface area contributed by atoms with Crippen LogP contribution in [0.25, 0.3) is 55.6 Å². The van der Waals surface area contributed by atoms with Gasteiger partial charge in [0, 0.05) is 161 Å². The first-order valence-corrected chi connectivity index (χ1v) is 55.5. The molecule has 0 spiro atoms. The molecule has 0 unspecified atom stereocenters. The number of hydrogen-bond acceptors (Lipinski definition) is 20. The van der Waals surface area contributed by atoms with Crippen LogP contribution in [0.3, 0.4) is 0 Å². The fourth-order valence-corrected chi connectivity index (χ4v) is 24.6. The molecule has 0 atom stereocenters. The van der Waals surface area contributed by atoms with Gasteiger partial charge in [0.25, 0.3) is 10.0 Å². The highest BCUT2D eigenvalue weighted by atomic mass is 79.9. The van der Waals surface area contributed by atoms with Crippen LogP contribution in [0.4, 0.5) is 17.1 Å². The Balaban J connectivity index is 0.000000227. The number of carboxylic acids is 1. The Morgan fingerprint density at radius 2 is 1.14 bits per heavy atom. The summed E-state index contributed by atoms with van der Waals surface area (Å²) in [5, 5.41) is 21.5. The number of aliphatic hydroxyl groups is 1. The Bertz CT molecular complexity index is 6300. The van der Waals surface area contributed by atoms with E-state index in [-0.39, 0.29) is 55.7 Å². The van der Waals surface area contributed by atoms with Crippen LogP contribution in [0.5, 0.6) is 0 Å². The molecule has 0 aliphatic carbocycles. The van der Waals surface area contributed by atoms with Gasteiger partial charge in [-0.15, -0.1) is 0 Å². The third-order valence-corrected chi connectivity index (χ3v) is 34.0. The second-order valence-corrected chi connectivity index (χ2v) is 46.4. The molecule has 32 heteroatoms. The van der Waals surface area contributed by atoms with Crippen LogP contribution in [-0.4, -0.2) is 146 Å². The second kappa shape index (κ2) is 50.1. The Kier molecular flexibility index (Phi) is 40.8. The molecule has 24 nitrogen and oxygen atoms in total. The van der Waals surface area contributed by atoms with Crippen molar-refractivity contribution in [3.63, 3.8) is 0 Å². The van der Waals surface area contributed by atoms with Crippen molar-refractivity contribution in [1.29, 1.82) is 0 Å². The summed E-state index contributed by atoms with van der Waals surface area (Å²) < 4.78 is 155. The van der Waals surface area contributed by atoms with Crippen molar-refractivity contribution in [3.05, 3.63) is 244 Å². The summed E-state index contributed by atoms with van der Waals surface area (Å²) in [5.74, 6) is -1.01. The van der Waals surface area contributed by atoms with Crippen LogP contribution in [-0.2, 0) is 89.7 Å². The number of aliphatic hydroxyl groups excluding tert-OH is 1. The molecule has 134 heavy (non-hydrogen) atoms. The molecule has 12 rings (SSSR count). The van der Waals surface area contributed by atoms with Gasteiger partial charge in [-0.05, 0) is 180 Å². The maximum atomic E-state index is 13.4. The van der Waals surface area contributed by atoms with Gasteiger partial charge in [0.15, 0.2) is 12.7 Å². The zero-order chi connectivity index (χ0) is 96.5. The summed E-state index contributed by atoms with van der Waals surface area (Å²) in [7, 11) is -14.1. The fourth-order valence-electron chi connectivity index (χ4n) is 17.0. The molecular formula is C102H134BrN8O16PS6. The van der Waals surface area contributed by atoms with E-state index in [1.54, 1.807) is 34.6 Å². The number of aliphatic carboxylic acids is 1. The van der Waals surface area contributed by atoms with E-state index >= 15 is 0 Å². The second-order valence-electron chi connectivity index (χ2n) is 35.1. The van der Waals surface area contributed by atoms with Gasteiger partial charge in [-0.1, -0.05) is 193 Å². The number of anilines is 3. The molecule has 3 aliphatic heterocycles. The number of para-hydroxylation sites is 1. The largest absolute Gasteiger partial charge is 1.00 e. The summed E-state index contributed by atoms with van der Waals surface area (Å²) in [6.45, 7) is 29.1. The normalized spacial score (nSPS) is 15.5. The molecule has 0 bridgehead atoms. The number of hydrogen-bond donors (Lipinski definition) is 2. The Labute approximate surface area is 814 Å². The number of carboxylic acid groups (broad SMARTS) is 1. The van der Waals surface area contributed by atoms with E-state index < -0.39 is 65.0 Å². The van der Waals surface area contributed by atoms with Gasteiger partial charge >= 0.3 is 13.6 Å². The van der Waals surface area contributed by atoms with Gasteiger partial charge in [0.1, 0.15) is 33.1 Å². The number of halogens is 1. The van der Waals surface area contributed by atoms with Gasteiger partial charge in [-0.2, -0.15) is 18.0 Å². The van der Waals surface area contributed by atoms with Crippen molar-refractivity contribution >= 4 is 149 Å². The van der Waals surface area contributed by atoms with E-state index in [4.69, 9.17) is 14.2 Å². The monoisotopic (exact) mass is 2030 g/mol. The number of unbranched alkanes of at least 4 members (excludes halogenated alkanes) is 7. The number of aromatic nitrogens is 3. The van der Waals surface area contributed by atoms with E-state index in [9.17, 15) is 57.2 Å². The lowest BCUT2D eigenvalue weighted by molar-refractivity contribution is -0.671. The van der Waals surface area contributed by atoms with E-state index in [0.29, 0.717) is 64.8 Å². The maximum Gasteiger partial charge on any atom is 0.330 e. The topological polar surface area (TPSA) is 304 Å². The minimum Gasteiger partial charge on any atom is -1.00 e. The molecular weight excluding hydrogens is 1900 g/mol. The van der Waals surface area contributed by atoms with Crippen molar-refractivity contribution in [2.75, 3.05) is 93.2 Å². The zero-order valence-electron chi connectivity index (χ0n) is 79.5. The Hall–Kier alpha value is -8.63. The summed E-state index contributed by atoms with van der Waals surface area (Å²) in [6.07, 6.45) is 41.5. The SMILES string of the molecule is C=C(O)CCCCCN1/C(=C/C=C/C=C/c2sc3cc(S(=O)(=O)N(C)C)ccc3[n+]2C)C(C)(C)c2cc(S(=O)(=O)[O-])ccc21.CCCCN(CCCC)c1ccc(C=Cc2cc[n+](CCCP(=O)(OCC)OCC)c3ccccc23)cc1.Cc1ccc2c(c1)C(C)(C)\C(=C/C=C/C=C/c1sc3cc(S(=O)(=O)N4CCCCC4)ccc3[n+]1CCCCS(=O)(=O)[O-])N2CCCCCC(=O)O.[Br-]. The fraction of sp³-hybridized carbons (Fsp3) is 0.431. The third kappa shape index (κ3) is 29.2. The number of allylic oxidation sites excluding steroid dienone is 11. The number of sulfonamides is 2. The van der Waals surface area contributed by atoms with Crippen molar-refractivity contribution in [2.24, 2.45) is 7.05 Å². The van der Waals surface area contributed by atoms with Crippen LogP contribution >= 0.6 is 30.3 Å². The average Bonchev–Trinajstić information content (AvgIpc) is 1.59. The quantitative estimate of drug-likeness (QED) is 0.00894. The molecule has 726 valence electrons. The van der Waals surface area contributed by atoms with E-state index in [0.717, 1.165) is 137 Å². The van der Waals surface area contributed by atoms with Crippen molar-refractivity contribution in [2.45, 2.75) is 216 Å². The minimum absolute atomic E-state index is 0. The van der Waals surface area contributed by atoms with Gasteiger partial charge in [-0.25, -0.2) is 38.0 Å². The van der Waals surface area contributed by atoms with Crippen LogP contribution in [0.2, 0.25) is 0 Å². The van der Waals surface area contributed by atoms with Crippen LogP contribution in [0.1, 0.15) is 209 Å². The Morgan fingerprint density at radius 1 is 0.582 bits per heavy atom. The first kappa shape index (κ1) is 109. The molecule has 2 N–H and O–H groups in total. The standard InChI is InChI=1S/C38H49N3O7S3.C32H39N3O6S3.C32H46N2O3P.BrH/c1-29-18-20-32-31(27-29)38(2,3)35(40(32)24-12-5-9-17-37(42)43)15-7-4-8-16-36-41(25-13-14-26-50(44,45)46)33-21-19-30(28-34(33)49-36)51(47,48)39-22-10-6-11-23-39;1-23(36)13-9-8-12-20-35-27-18-17-25(44(39,40)41)21-26(27)32(2,3)30(35)14-10-7-11-15-31-34(6)28-19-16-24(22-29(28)42-31)43(37,38)33(4)5;1-5-9-23-33(24-10-6-2)30-20-17-28(18-21-30)16-19-29-22-26-34(32-15-12-11-14-31(29)32)25-13-27-38(35,36-7-3)37-8-4;/h4,7-8,15-16,18-21,27-28H,5-6,9-14,17,22-26H2,1-3H3,(H-,42,43,44,45,46);7,10-11,14-19,21-22H,1,8-9,12-13,20H2,2-6H3,(H-,36,39,40,41);11-12,14-22,26H,5-10,13,23-25,27H2,1-4H3;1H/q;;+1;/p-1. The molecule has 3 aliphatic rings. The molecule has 9 aromatic rings. The van der Waals surface area contributed by atoms with Crippen LogP contribution in [0, 0.1) is 6.92 Å². The lowest BCUT2D eigenvalue weighted by atomic mass is 9.83. The average molecular weight is 2030 g/mol. The first-order chi connectivity index (χ1) is 63.3. The number of carbonyl (C=O) groups is 1. The molecule has 3 aromatic heterocycles. The highest BCUT2D eigenvalue weighted by Gasteiger charge is 2.42. The summed E-state index contributed by atoms with van der Waals surface area (Å²) in [5.41, 5.74) is 13.3. The number of benzene rings is 6. The molecule has 0 saturated carbocycles. The highest BCUT2D eigenvalue weighted by Crippen LogP contribution is 2.51. The first-order valence-electron chi connectivity index (χ1n) is 46.3. The number of piperidine rings is 1. The summed E-state index contributed by atoms with van der Waals surface area (Å²) in [4.78, 5) is 18.3. The van der Waals surface area contributed by atoms with Crippen molar-refractivity contribution < 1.29 is 102 Å². The van der Waals surface area contributed by atoms with Gasteiger partial charge in [0.05, 0.1) is 55.3 Å². The molecule has 6 heterocycles. The van der Waals surface area contributed by atoms with Crippen molar-refractivity contribution in [3.8, 4) is 0 Å². The smallest absolute Gasteiger partial charge is 0.330 e. The number of pyridine rings is 1. The molecule has 1 fully saturated rings. The van der Waals surface area contributed by atoms with Gasteiger partial charge < -0.3 is 60.0 Å². The Morgan fingerprint density at radius 3 is 1.73 bits per heavy atom. The summed E-state index contributed by atoms with van der Waals surface area (Å²) in [6, 6.07) is 41.0. The number of fused-ring (bicyclic) bond motifs is 5. The third-order valence-electron chi connectivity index (χ3n) is 24.3. The van der Waals surface area contributed by atoms with Crippen molar-refractivity contribution in [1.82, 2.24) is 8.61 Å². The van der Waals surface area contributed by atoms with Crippen LogP contribution in [0.15, 0.2) is 221 Å². The predicted molar refractivity (Wildman–Crippen MR) is 539 cm³/mol. The van der Waals surface area contributed by atoms with Gasteiger partial charge in [0.2, 0.25) is 36.6 Å². The lowest BCUT2D eigenvalue weighted by Crippen LogP contribution is -3.00. The number of aryl methyl sites for hydroxylation is 4. The van der Waals surface area contributed by atoms with E-state index in [1.807, 2.05) is 106 Å². The summed E-state index contributed by atoms with van der Waals surface area (Å²) >= 11 is 2.97. The molecule has 6 aromatic carbocycles. The number of thiazole rings is 2. The molecule has 1 saturated heterocycles. The van der Waals surface area contributed by atoms with Crippen LogP contribution < -0.4 is 45.4 Å². The minimum atomic E-state index is -4.60. The predicted octanol–water partition coefficient (Wildman–Crippen LogP) is 18.0.